The van der Waals surface area contributed by atoms with Gasteiger partial charge < -0.3 is 18.9 Å². The molecule has 0 aromatic heterocycles. The van der Waals surface area contributed by atoms with Crippen LogP contribution in [0.15, 0.2) is 53.4 Å². The Balaban J connectivity index is 1.68. The average Bonchev–Trinajstić information content (AvgIpc) is 2.77. The Hall–Kier alpha value is -2.62. The summed E-state index contributed by atoms with van der Waals surface area (Å²) in [6, 6.07) is 13.3. The number of benzene rings is 2. The molecule has 0 saturated carbocycles. The molecule has 8 nitrogen and oxygen atoms in total. The number of carbonyl (C=O) groups is 1. The average molecular weight is 421 g/mol. The summed E-state index contributed by atoms with van der Waals surface area (Å²) in [5.41, 5.74) is 0.0431. The van der Waals surface area contributed by atoms with E-state index in [0.29, 0.717) is 19.0 Å². The lowest BCUT2D eigenvalue weighted by atomic mass is 10.2. The Bertz CT molecular complexity index is 925. The van der Waals surface area contributed by atoms with Crippen molar-refractivity contribution in [3.05, 3.63) is 54.1 Å². The lowest BCUT2D eigenvalue weighted by Gasteiger charge is -2.26. The fourth-order valence-corrected chi connectivity index (χ4v) is 4.27. The van der Waals surface area contributed by atoms with Crippen LogP contribution in [0.4, 0.5) is 0 Å². The quantitative estimate of drug-likeness (QED) is 0.475. The number of rotatable bonds is 8. The van der Waals surface area contributed by atoms with Crippen molar-refractivity contribution in [2.24, 2.45) is 0 Å². The summed E-state index contributed by atoms with van der Waals surface area (Å²) in [4.78, 5) is 12.5. The van der Waals surface area contributed by atoms with E-state index in [4.69, 9.17) is 18.9 Å². The molecule has 0 bridgehead atoms. The van der Waals surface area contributed by atoms with E-state index in [1.165, 1.54) is 29.6 Å². The highest BCUT2D eigenvalue weighted by molar-refractivity contribution is 7.89. The number of hydrogen-bond donors (Lipinski definition) is 0. The van der Waals surface area contributed by atoms with Crippen molar-refractivity contribution >= 4 is 16.0 Å². The first-order valence-corrected chi connectivity index (χ1v) is 10.6. The van der Waals surface area contributed by atoms with Crippen molar-refractivity contribution in [3.63, 3.8) is 0 Å². The number of sulfonamides is 1. The van der Waals surface area contributed by atoms with Crippen molar-refractivity contribution in [1.82, 2.24) is 4.31 Å². The summed E-state index contributed by atoms with van der Waals surface area (Å²) >= 11 is 0. The van der Waals surface area contributed by atoms with Gasteiger partial charge in [-0.05, 0) is 30.3 Å². The first-order chi connectivity index (χ1) is 14.0. The van der Waals surface area contributed by atoms with Gasteiger partial charge in [0.1, 0.15) is 30.3 Å². The minimum Gasteiger partial charge on any atom is -0.496 e. The number of carbonyl (C=O) groups excluding carboxylic acids is 1. The molecule has 1 saturated heterocycles. The molecular formula is C20H23NO7S. The fraction of sp³-hybridized carbons (Fsp3) is 0.350. The maximum atomic E-state index is 12.8. The summed E-state index contributed by atoms with van der Waals surface area (Å²) in [5.74, 6) is 0.220. The molecule has 2 aromatic rings. The molecule has 0 aliphatic carbocycles. The van der Waals surface area contributed by atoms with Crippen LogP contribution in [0.5, 0.6) is 11.5 Å². The van der Waals surface area contributed by atoms with Gasteiger partial charge in [-0.3, -0.25) is 0 Å². The zero-order chi connectivity index (χ0) is 20.7. The number of hydrogen-bond acceptors (Lipinski definition) is 7. The highest BCUT2D eigenvalue weighted by Gasteiger charge is 2.28. The Morgan fingerprint density at radius 2 is 1.79 bits per heavy atom. The van der Waals surface area contributed by atoms with Crippen LogP contribution in [0.1, 0.15) is 10.4 Å². The van der Waals surface area contributed by atoms with Gasteiger partial charge in [-0.15, -0.1) is 0 Å². The summed E-state index contributed by atoms with van der Waals surface area (Å²) in [6.07, 6.45) is 0. The molecule has 0 N–H and O–H groups in total. The van der Waals surface area contributed by atoms with Gasteiger partial charge in [0.05, 0.1) is 25.2 Å². The topological polar surface area (TPSA) is 91.4 Å². The van der Waals surface area contributed by atoms with Crippen LogP contribution in [0.25, 0.3) is 0 Å². The molecule has 1 aliphatic heterocycles. The van der Waals surface area contributed by atoms with Gasteiger partial charge in [-0.1, -0.05) is 18.2 Å². The maximum absolute atomic E-state index is 12.8. The molecule has 29 heavy (non-hydrogen) atoms. The smallest absolute Gasteiger partial charge is 0.342 e. The zero-order valence-corrected chi connectivity index (χ0v) is 16.9. The van der Waals surface area contributed by atoms with Crippen LogP contribution >= 0.6 is 0 Å². The third kappa shape index (κ3) is 5.26. The van der Waals surface area contributed by atoms with E-state index in [2.05, 4.69) is 0 Å². The van der Waals surface area contributed by atoms with E-state index >= 15 is 0 Å². The van der Waals surface area contributed by atoms with Gasteiger partial charge in [-0.2, -0.15) is 4.31 Å². The number of methoxy groups -OCH3 is 1. The molecule has 9 heteroatoms. The van der Waals surface area contributed by atoms with Crippen LogP contribution < -0.4 is 9.47 Å². The monoisotopic (exact) mass is 421 g/mol. The third-order valence-electron chi connectivity index (χ3n) is 4.33. The van der Waals surface area contributed by atoms with E-state index in [0.717, 1.165) is 0 Å². The number of nitrogens with zero attached hydrogens (tertiary/aromatic N) is 1. The molecule has 2 aromatic carbocycles. The van der Waals surface area contributed by atoms with E-state index in [1.54, 1.807) is 12.1 Å². The lowest BCUT2D eigenvalue weighted by Crippen LogP contribution is -2.40. The highest BCUT2D eigenvalue weighted by atomic mass is 32.2. The van der Waals surface area contributed by atoms with Gasteiger partial charge in [0, 0.05) is 13.1 Å². The summed E-state index contributed by atoms with van der Waals surface area (Å²) in [7, 11) is -2.34. The number of esters is 1. The fourth-order valence-electron chi connectivity index (χ4n) is 2.83. The molecule has 1 fully saturated rings. The lowest BCUT2D eigenvalue weighted by molar-refractivity contribution is 0.0446. The molecule has 0 radical (unpaired) electrons. The standard InChI is InChI=1S/C20H23NO7S/c1-25-19-8-7-17(29(23,24)21-9-11-26-12-10-21)15-18(19)20(22)28-14-13-27-16-5-3-2-4-6-16/h2-8,15H,9-14H2,1H3. The van der Waals surface area contributed by atoms with Crippen LogP contribution in [0.2, 0.25) is 0 Å². The second-order valence-electron chi connectivity index (χ2n) is 6.18. The molecule has 1 heterocycles. The normalized spacial score (nSPS) is 14.9. The summed E-state index contributed by atoms with van der Waals surface area (Å²) in [6.45, 7) is 1.40. The van der Waals surface area contributed by atoms with Crippen LogP contribution in [0, 0.1) is 0 Å². The largest absolute Gasteiger partial charge is 0.496 e. The minimum absolute atomic E-state index is 0.00712. The number of para-hydroxylation sites is 1. The van der Waals surface area contributed by atoms with Crippen molar-refractivity contribution in [2.45, 2.75) is 4.90 Å². The second kappa shape index (κ2) is 9.73. The summed E-state index contributed by atoms with van der Waals surface area (Å²) < 4.78 is 48.1. The number of ether oxygens (including phenoxy) is 4. The molecule has 3 rings (SSSR count). The molecule has 156 valence electrons. The van der Waals surface area contributed by atoms with Crippen LogP contribution in [-0.2, 0) is 19.5 Å². The second-order valence-corrected chi connectivity index (χ2v) is 8.11. The molecule has 0 atom stereocenters. The van der Waals surface area contributed by atoms with Crippen molar-refractivity contribution in [3.8, 4) is 11.5 Å². The van der Waals surface area contributed by atoms with Crippen LogP contribution in [-0.4, -0.2) is 65.3 Å². The molecular weight excluding hydrogens is 398 g/mol. The van der Waals surface area contributed by atoms with E-state index in [-0.39, 0.29) is 42.5 Å². The predicted molar refractivity (Wildman–Crippen MR) is 105 cm³/mol. The SMILES string of the molecule is COc1ccc(S(=O)(=O)N2CCOCC2)cc1C(=O)OCCOc1ccccc1. The van der Waals surface area contributed by atoms with Crippen LogP contribution in [0.3, 0.4) is 0 Å². The predicted octanol–water partition coefficient (Wildman–Crippen LogP) is 1.95. The van der Waals surface area contributed by atoms with Crippen molar-refractivity contribution in [1.29, 1.82) is 0 Å². The Labute approximate surface area is 170 Å². The van der Waals surface area contributed by atoms with Gasteiger partial charge in [-0.25, -0.2) is 13.2 Å². The Kier molecular flexibility index (Phi) is 7.08. The van der Waals surface area contributed by atoms with Crippen molar-refractivity contribution in [2.75, 3.05) is 46.6 Å². The summed E-state index contributed by atoms with van der Waals surface area (Å²) in [5, 5.41) is 0. The first-order valence-electron chi connectivity index (χ1n) is 9.13. The number of morpholine rings is 1. The van der Waals surface area contributed by atoms with Gasteiger partial charge in [0.15, 0.2) is 0 Å². The van der Waals surface area contributed by atoms with E-state index in [9.17, 15) is 13.2 Å². The third-order valence-corrected chi connectivity index (χ3v) is 6.22. The van der Waals surface area contributed by atoms with Gasteiger partial charge in [0.25, 0.3) is 0 Å². The van der Waals surface area contributed by atoms with E-state index in [1.807, 2.05) is 18.2 Å². The Morgan fingerprint density at radius 3 is 2.48 bits per heavy atom. The molecule has 1 aliphatic rings. The molecule has 0 spiro atoms. The van der Waals surface area contributed by atoms with Gasteiger partial charge >= 0.3 is 5.97 Å². The molecule has 0 unspecified atom stereocenters. The van der Waals surface area contributed by atoms with Gasteiger partial charge in [0.2, 0.25) is 10.0 Å². The zero-order valence-electron chi connectivity index (χ0n) is 16.1. The minimum atomic E-state index is -3.74. The van der Waals surface area contributed by atoms with Crippen molar-refractivity contribution < 1.29 is 32.2 Å². The Morgan fingerprint density at radius 1 is 1.07 bits per heavy atom. The first kappa shape index (κ1) is 21.1. The highest BCUT2D eigenvalue weighted by Crippen LogP contribution is 2.25. The molecule has 0 amide bonds. The van der Waals surface area contributed by atoms with E-state index < -0.39 is 16.0 Å². The maximum Gasteiger partial charge on any atom is 0.342 e.